The zero-order valence-corrected chi connectivity index (χ0v) is 12.8. The maximum absolute atomic E-state index is 11.3. The van der Waals surface area contributed by atoms with E-state index in [9.17, 15) is 15.2 Å². The first-order valence-corrected chi connectivity index (χ1v) is 7.66. The molecule has 2 rings (SSSR count). The summed E-state index contributed by atoms with van der Waals surface area (Å²) in [4.78, 5) is 12.9. The summed E-state index contributed by atoms with van der Waals surface area (Å²) in [5.74, 6) is 0.625. The highest BCUT2D eigenvalue weighted by atomic mass is 16.6. The maximum Gasteiger partial charge on any atom is 0.292 e. The lowest BCUT2D eigenvalue weighted by molar-refractivity contribution is -0.384. The number of anilines is 1. The van der Waals surface area contributed by atoms with Crippen molar-refractivity contribution in [3.63, 3.8) is 0 Å². The Morgan fingerprint density at radius 2 is 2.05 bits per heavy atom. The third-order valence-electron chi connectivity index (χ3n) is 4.35. The first-order valence-electron chi connectivity index (χ1n) is 7.66. The average molecular weight is 292 g/mol. The second-order valence-corrected chi connectivity index (χ2v) is 6.07. The molecule has 0 heterocycles. The van der Waals surface area contributed by atoms with Gasteiger partial charge in [0.15, 0.2) is 0 Å². The Morgan fingerprint density at radius 3 is 2.62 bits per heavy atom. The quantitative estimate of drug-likeness (QED) is 0.664. The summed E-state index contributed by atoms with van der Waals surface area (Å²) in [6.45, 7) is 2.47. The van der Waals surface area contributed by atoms with Gasteiger partial charge in [-0.15, -0.1) is 0 Å². The van der Waals surface area contributed by atoms with Crippen LogP contribution in [-0.2, 0) is 0 Å². The fraction of sp³-hybridized carbons (Fsp3) is 0.625. The second kappa shape index (κ2) is 6.89. The fourth-order valence-electron chi connectivity index (χ4n) is 3.12. The third kappa shape index (κ3) is 3.94. The van der Waals surface area contributed by atoms with Gasteiger partial charge in [-0.3, -0.25) is 10.1 Å². The monoisotopic (exact) mass is 292 g/mol. The Balaban J connectivity index is 2.18. The minimum atomic E-state index is -0.693. The first kappa shape index (κ1) is 15.8. The zero-order valence-electron chi connectivity index (χ0n) is 12.8. The van der Waals surface area contributed by atoms with E-state index in [0.29, 0.717) is 17.2 Å². The summed E-state index contributed by atoms with van der Waals surface area (Å²) in [5.41, 5.74) is 1.29. The molecule has 116 valence electrons. The van der Waals surface area contributed by atoms with Gasteiger partial charge in [0.25, 0.3) is 5.69 Å². The number of aliphatic hydroxyl groups excluding tert-OH is 1. The molecule has 1 aliphatic rings. The van der Waals surface area contributed by atoms with Gasteiger partial charge in [0, 0.05) is 19.7 Å². The number of rotatable bonds is 5. The molecule has 21 heavy (non-hydrogen) atoms. The van der Waals surface area contributed by atoms with Crippen LogP contribution in [0.1, 0.15) is 50.7 Å². The van der Waals surface area contributed by atoms with Gasteiger partial charge < -0.3 is 10.0 Å². The molecule has 5 nitrogen and oxygen atoms in total. The highest BCUT2D eigenvalue weighted by Gasteiger charge is 2.22. The van der Waals surface area contributed by atoms with E-state index in [1.54, 1.807) is 19.1 Å². The maximum atomic E-state index is 11.3. The Bertz CT molecular complexity index is 496. The first-order chi connectivity index (χ1) is 9.99. The number of hydrogen-bond acceptors (Lipinski definition) is 4. The summed E-state index contributed by atoms with van der Waals surface area (Å²) < 4.78 is 0. The topological polar surface area (TPSA) is 66.6 Å². The van der Waals surface area contributed by atoms with E-state index in [1.807, 2.05) is 11.9 Å². The average Bonchev–Trinajstić information content (AvgIpc) is 2.47. The number of benzene rings is 1. The van der Waals surface area contributed by atoms with E-state index >= 15 is 0 Å². The number of nitrogens with zero attached hydrogens (tertiary/aromatic N) is 2. The Kier molecular flexibility index (Phi) is 5.17. The highest BCUT2D eigenvalue weighted by molar-refractivity contribution is 5.64. The van der Waals surface area contributed by atoms with Gasteiger partial charge in [-0.25, -0.2) is 0 Å². The van der Waals surface area contributed by atoms with E-state index < -0.39 is 6.10 Å². The van der Waals surface area contributed by atoms with Gasteiger partial charge in [-0.1, -0.05) is 25.3 Å². The van der Waals surface area contributed by atoms with Crippen LogP contribution in [0.5, 0.6) is 0 Å². The lowest BCUT2D eigenvalue weighted by Crippen LogP contribution is -2.27. The molecule has 0 radical (unpaired) electrons. The number of nitro groups is 1. The largest absolute Gasteiger partial charge is 0.389 e. The highest BCUT2D eigenvalue weighted by Crippen LogP contribution is 2.32. The molecule has 1 unspecified atom stereocenters. The molecule has 1 N–H and O–H groups in total. The van der Waals surface area contributed by atoms with Crippen molar-refractivity contribution >= 4 is 11.4 Å². The number of nitro benzene ring substituents is 1. The van der Waals surface area contributed by atoms with Crippen LogP contribution in [0.3, 0.4) is 0 Å². The molecule has 0 spiro atoms. The molecule has 1 aromatic carbocycles. The minimum absolute atomic E-state index is 0.0757. The van der Waals surface area contributed by atoms with E-state index in [0.717, 1.165) is 6.54 Å². The predicted molar refractivity (Wildman–Crippen MR) is 83.6 cm³/mol. The van der Waals surface area contributed by atoms with Crippen LogP contribution in [0.4, 0.5) is 11.4 Å². The van der Waals surface area contributed by atoms with Gasteiger partial charge in [0.1, 0.15) is 5.69 Å². The fourth-order valence-corrected chi connectivity index (χ4v) is 3.12. The van der Waals surface area contributed by atoms with Gasteiger partial charge in [-0.2, -0.15) is 0 Å². The smallest absolute Gasteiger partial charge is 0.292 e. The zero-order chi connectivity index (χ0) is 15.4. The summed E-state index contributed by atoms with van der Waals surface area (Å²) in [5, 5.41) is 20.9. The van der Waals surface area contributed by atoms with Gasteiger partial charge in [0.05, 0.1) is 11.0 Å². The van der Waals surface area contributed by atoms with Gasteiger partial charge in [0.2, 0.25) is 0 Å². The lowest BCUT2D eigenvalue weighted by Gasteiger charge is -2.28. The summed E-state index contributed by atoms with van der Waals surface area (Å²) in [6, 6.07) is 5.00. The number of aliphatic hydroxyl groups is 1. The van der Waals surface area contributed by atoms with Crippen molar-refractivity contribution < 1.29 is 10.0 Å². The van der Waals surface area contributed by atoms with Crippen LogP contribution in [0.25, 0.3) is 0 Å². The minimum Gasteiger partial charge on any atom is -0.389 e. The van der Waals surface area contributed by atoms with Crippen molar-refractivity contribution in [3.05, 3.63) is 33.9 Å². The molecule has 0 bridgehead atoms. The van der Waals surface area contributed by atoms with E-state index in [2.05, 4.69) is 0 Å². The Labute approximate surface area is 125 Å². The molecule has 0 aliphatic heterocycles. The molecule has 1 aliphatic carbocycles. The molecule has 1 saturated carbocycles. The van der Waals surface area contributed by atoms with Crippen LogP contribution < -0.4 is 4.90 Å². The van der Waals surface area contributed by atoms with E-state index in [-0.39, 0.29) is 10.6 Å². The molecule has 1 aromatic rings. The second-order valence-electron chi connectivity index (χ2n) is 6.07. The molecular formula is C16H24N2O3. The van der Waals surface area contributed by atoms with Gasteiger partial charge in [-0.05, 0) is 37.3 Å². The summed E-state index contributed by atoms with van der Waals surface area (Å²) in [7, 11) is 1.92. The van der Waals surface area contributed by atoms with Crippen molar-refractivity contribution in [2.45, 2.75) is 45.1 Å². The van der Waals surface area contributed by atoms with E-state index in [4.69, 9.17) is 0 Å². The van der Waals surface area contributed by atoms with Crippen LogP contribution in [0.15, 0.2) is 18.2 Å². The number of hydrogen-bond donors (Lipinski definition) is 1. The van der Waals surface area contributed by atoms with Crippen LogP contribution >= 0.6 is 0 Å². The molecule has 1 atom stereocenters. The van der Waals surface area contributed by atoms with Crippen LogP contribution in [0, 0.1) is 16.0 Å². The van der Waals surface area contributed by atoms with Crippen LogP contribution in [-0.4, -0.2) is 23.6 Å². The molecule has 0 saturated heterocycles. The van der Waals surface area contributed by atoms with Crippen molar-refractivity contribution in [1.82, 2.24) is 0 Å². The van der Waals surface area contributed by atoms with Gasteiger partial charge >= 0.3 is 0 Å². The lowest BCUT2D eigenvalue weighted by atomic mass is 9.89. The molecule has 1 fully saturated rings. The van der Waals surface area contributed by atoms with Crippen molar-refractivity contribution in [1.29, 1.82) is 0 Å². The Hall–Kier alpha value is -1.62. The van der Waals surface area contributed by atoms with Crippen molar-refractivity contribution in [3.8, 4) is 0 Å². The van der Waals surface area contributed by atoms with Crippen molar-refractivity contribution in [2.24, 2.45) is 5.92 Å². The standard InChI is InChI=1S/C16H24N2O3/c1-12(19)14-8-9-15(16(10-14)18(20)21)17(2)11-13-6-4-3-5-7-13/h8-10,12-13,19H,3-7,11H2,1-2H3. The SMILES string of the molecule is CC(O)c1ccc(N(C)CC2CCCCC2)c([N+](=O)[O-])c1. The molecular weight excluding hydrogens is 268 g/mol. The molecule has 0 aromatic heterocycles. The van der Waals surface area contributed by atoms with E-state index in [1.165, 1.54) is 38.2 Å². The van der Waals surface area contributed by atoms with Crippen molar-refractivity contribution in [2.75, 3.05) is 18.5 Å². The third-order valence-corrected chi connectivity index (χ3v) is 4.35. The summed E-state index contributed by atoms with van der Waals surface area (Å²) in [6.07, 6.45) is 5.57. The van der Waals surface area contributed by atoms with Crippen LogP contribution in [0.2, 0.25) is 0 Å². The molecule has 5 heteroatoms. The normalized spacial score (nSPS) is 17.5. The summed E-state index contributed by atoms with van der Waals surface area (Å²) >= 11 is 0. The predicted octanol–water partition coefficient (Wildman–Crippen LogP) is 3.66. The molecule has 0 amide bonds. The Morgan fingerprint density at radius 1 is 1.38 bits per heavy atom.